The van der Waals surface area contributed by atoms with E-state index in [1.807, 2.05) is 6.07 Å². The minimum Gasteiger partial charge on any atom is -0.393 e. The normalized spacial score (nSPS) is 18.1. The first-order chi connectivity index (χ1) is 16.9. The maximum Gasteiger partial charge on any atom is 0.270 e. The summed E-state index contributed by atoms with van der Waals surface area (Å²) in [5.74, 6) is 0.226. The second kappa shape index (κ2) is 9.37. The molecule has 0 atom stereocenters. The maximum atomic E-state index is 13.1. The second-order valence-electron chi connectivity index (χ2n) is 9.04. The Labute approximate surface area is 202 Å². The van der Waals surface area contributed by atoms with Gasteiger partial charge in [0.25, 0.3) is 5.56 Å². The van der Waals surface area contributed by atoms with E-state index in [-0.39, 0.29) is 41.1 Å². The number of aliphatic hydroxyl groups excluding tert-OH is 1. The summed E-state index contributed by atoms with van der Waals surface area (Å²) in [5.41, 5.74) is 0.660. The zero-order valence-corrected chi connectivity index (χ0v) is 19.9. The fourth-order valence-corrected chi connectivity index (χ4v) is 6.37. The van der Waals surface area contributed by atoms with Gasteiger partial charge in [-0.05, 0) is 49.9 Å². The summed E-state index contributed by atoms with van der Waals surface area (Å²) < 4.78 is 29.2. The number of rotatable bonds is 5. The van der Waals surface area contributed by atoms with Crippen molar-refractivity contribution in [1.29, 1.82) is 5.26 Å². The van der Waals surface area contributed by atoms with Gasteiger partial charge in [-0.25, -0.2) is 13.4 Å². The van der Waals surface area contributed by atoms with Crippen molar-refractivity contribution < 1.29 is 13.5 Å². The van der Waals surface area contributed by atoms with Crippen molar-refractivity contribution in [3.8, 4) is 6.07 Å². The van der Waals surface area contributed by atoms with Gasteiger partial charge in [-0.1, -0.05) is 18.9 Å². The number of anilines is 2. The molecule has 2 aromatic heterocycles. The van der Waals surface area contributed by atoms with Crippen molar-refractivity contribution in [2.45, 2.75) is 55.6 Å². The predicted molar refractivity (Wildman–Crippen MR) is 130 cm³/mol. The molecule has 2 N–H and O–H groups in total. The van der Waals surface area contributed by atoms with Crippen LogP contribution in [-0.2, 0) is 10.0 Å². The lowest BCUT2D eigenvalue weighted by molar-refractivity contribution is 0.113. The van der Waals surface area contributed by atoms with E-state index < -0.39 is 16.1 Å². The molecular weight excluding hydrogens is 468 g/mol. The Hall–Kier alpha value is -3.33. The Bertz CT molecular complexity index is 1470. The predicted octanol–water partition coefficient (Wildman–Crippen LogP) is 2.67. The lowest BCUT2D eigenvalue weighted by atomic mass is 10.1. The van der Waals surface area contributed by atoms with E-state index in [0.29, 0.717) is 29.6 Å². The highest BCUT2D eigenvalue weighted by atomic mass is 32.2. The number of aromatic nitrogens is 3. The maximum absolute atomic E-state index is 13.1. The molecule has 10 nitrogen and oxygen atoms in total. The molecule has 2 aliphatic rings. The number of hydrogen-bond donors (Lipinski definition) is 2. The first-order valence-electron chi connectivity index (χ1n) is 11.7. The summed E-state index contributed by atoms with van der Waals surface area (Å²) in [4.78, 5) is 22.0. The quantitative estimate of drug-likeness (QED) is 0.551. The molecule has 0 spiro atoms. The van der Waals surface area contributed by atoms with Crippen LogP contribution in [0, 0.1) is 11.3 Å². The van der Waals surface area contributed by atoms with E-state index in [1.54, 1.807) is 22.9 Å². The van der Waals surface area contributed by atoms with Gasteiger partial charge in [0.2, 0.25) is 16.0 Å². The number of pyridine rings is 1. The Morgan fingerprint density at radius 3 is 2.57 bits per heavy atom. The fourth-order valence-electron chi connectivity index (χ4n) is 4.86. The van der Waals surface area contributed by atoms with E-state index in [4.69, 9.17) is 0 Å². The van der Waals surface area contributed by atoms with Gasteiger partial charge < -0.3 is 10.4 Å². The third kappa shape index (κ3) is 4.52. The smallest absolute Gasteiger partial charge is 0.270 e. The van der Waals surface area contributed by atoms with Crippen LogP contribution in [0.5, 0.6) is 0 Å². The highest BCUT2D eigenvalue weighted by Gasteiger charge is 2.29. The molecule has 0 amide bonds. The van der Waals surface area contributed by atoms with Crippen molar-refractivity contribution in [3.05, 3.63) is 52.4 Å². The number of hydrogen-bond acceptors (Lipinski definition) is 8. The van der Waals surface area contributed by atoms with Gasteiger partial charge in [-0.3, -0.25) is 9.36 Å². The molecular formula is C24H26N6O4S. The van der Waals surface area contributed by atoms with E-state index in [1.165, 1.54) is 22.5 Å². The van der Waals surface area contributed by atoms with Crippen LogP contribution in [-0.4, -0.2) is 51.6 Å². The molecule has 0 unspecified atom stereocenters. The van der Waals surface area contributed by atoms with Crippen LogP contribution in [0.3, 0.4) is 0 Å². The zero-order valence-electron chi connectivity index (χ0n) is 19.1. The summed E-state index contributed by atoms with van der Waals surface area (Å²) in [5, 5.41) is 22.8. The zero-order chi connectivity index (χ0) is 24.6. The number of sulfonamides is 1. The van der Waals surface area contributed by atoms with E-state index in [2.05, 4.69) is 15.3 Å². The molecule has 3 aromatic rings. The molecule has 1 saturated carbocycles. The first-order valence-corrected chi connectivity index (χ1v) is 13.2. The van der Waals surface area contributed by atoms with Crippen molar-refractivity contribution in [2.75, 3.05) is 18.4 Å². The van der Waals surface area contributed by atoms with Gasteiger partial charge in [0.05, 0.1) is 11.0 Å². The van der Waals surface area contributed by atoms with Gasteiger partial charge in [-0.2, -0.15) is 14.6 Å². The second-order valence-corrected chi connectivity index (χ2v) is 11.0. The summed E-state index contributed by atoms with van der Waals surface area (Å²) in [6.07, 6.45) is 5.66. The molecule has 1 aromatic carbocycles. The van der Waals surface area contributed by atoms with Crippen LogP contribution in [0.25, 0.3) is 11.0 Å². The summed E-state index contributed by atoms with van der Waals surface area (Å²) in [6, 6.07) is 9.89. The van der Waals surface area contributed by atoms with Crippen LogP contribution < -0.4 is 10.9 Å². The largest absolute Gasteiger partial charge is 0.393 e. The Kier molecular flexibility index (Phi) is 6.27. The topological polar surface area (TPSA) is 141 Å². The SMILES string of the molecule is N#Cc1cc2cnc(Nc3cccc(S(=O)(=O)N4CCC(O)CC4)c3)nc2n(C2CCCC2)c1=O. The molecule has 182 valence electrons. The van der Waals surface area contributed by atoms with Crippen molar-refractivity contribution in [3.63, 3.8) is 0 Å². The lowest BCUT2D eigenvalue weighted by Gasteiger charge is -2.28. The number of piperidine rings is 1. The summed E-state index contributed by atoms with van der Waals surface area (Å²) in [6.45, 7) is 0.552. The number of nitriles is 1. The van der Waals surface area contributed by atoms with Crippen LogP contribution in [0.15, 0.2) is 46.2 Å². The van der Waals surface area contributed by atoms with Crippen LogP contribution in [0.1, 0.15) is 50.1 Å². The van der Waals surface area contributed by atoms with E-state index in [9.17, 15) is 23.6 Å². The average molecular weight is 495 g/mol. The Morgan fingerprint density at radius 2 is 1.86 bits per heavy atom. The molecule has 3 heterocycles. The molecule has 1 aliphatic heterocycles. The minimum atomic E-state index is -3.70. The standard InChI is InChI=1S/C24H26N6O4S/c25-14-16-12-17-15-26-24(28-22(17)30(23(16)32)19-5-1-2-6-19)27-18-4-3-7-21(13-18)35(33,34)29-10-8-20(31)9-11-29/h3-4,7,12-13,15,19-20,31H,1-2,5-6,8-11H2,(H,26,27,28). The molecule has 11 heteroatoms. The Balaban J connectivity index is 1.48. The number of aliphatic hydroxyl groups is 1. The van der Waals surface area contributed by atoms with Crippen molar-refractivity contribution >= 4 is 32.7 Å². The van der Waals surface area contributed by atoms with Gasteiger partial charge >= 0.3 is 0 Å². The molecule has 2 fully saturated rings. The third-order valence-electron chi connectivity index (χ3n) is 6.73. The third-order valence-corrected chi connectivity index (χ3v) is 8.63. The molecule has 5 rings (SSSR count). The minimum absolute atomic E-state index is 0.0161. The first kappa shape index (κ1) is 23.4. The highest BCUT2D eigenvalue weighted by molar-refractivity contribution is 7.89. The van der Waals surface area contributed by atoms with Gasteiger partial charge in [0, 0.05) is 36.4 Å². The fraction of sp³-hybridized carbons (Fsp3) is 0.417. The van der Waals surface area contributed by atoms with Crippen molar-refractivity contribution in [1.82, 2.24) is 18.8 Å². The molecule has 0 bridgehead atoms. The summed E-state index contributed by atoms with van der Waals surface area (Å²) >= 11 is 0. The monoisotopic (exact) mass is 494 g/mol. The van der Waals surface area contributed by atoms with Crippen LogP contribution in [0.2, 0.25) is 0 Å². The van der Waals surface area contributed by atoms with Crippen LogP contribution >= 0.6 is 0 Å². The molecule has 0 radical (unpaired) electrons. The van der Waals surface area contributed by atoms with Crippen molar-refractivity contribution in [2.24, 2.45) is 0 Å². The van der Waals surface area contributed by atoms with E-state index >= 15 is 0 Å². The van der Waals surface area contributed by atoms with Gasteiger partial charge in [0.1, 0.15) is 17.3 Å². The number of fused-ring (bicyclic) bond motifs is 1. The van der Waals surface area contributed by atoms with E-state index in [0.717, 1.165) is 25.7 Å². The molecule has 1 saturated heterocycles. The molecule has 35 heavy (non-hydrogen) atoms. The average Bonchev–Trinajstić information content (AvgIpc) is 3.38. The number of nitrogens with one attached hydrogen (secondary N) is 1. The highest BCUT2D eigenvalue weighted by Crippen LogP contribution is 2.31. The van der Waals surface area contributed by atoms with Gasteiger partial charge in [0.15, 0.2) is 0 Å². The van der Waals surface area contributed by atoms with Crippen LogP contribution in [0.4, 0.5) is 11.6 Å². The Morgan fingerprint density at radius 1 is 1.11 bits per heavy atom. The molecule has 1 aliphatic carbocycles. The number of nitrogens with zero attached hydrogens (tertiary/aromatic N) is 5. The summed E-state index contributed by atoms with van der Waals surface area (Å²) in [7, 11) is -3.70. The van der Waals surface area contributed by atoms with Gasteiger partial charge in [-0.15, -0.1) is 0 Å². The number of benzene rings is 1. The lowest BCUT2D eigenvalue weighted by Crippen LogP contribution is -2.39.